The van der Waals surface area contributed by atoms with E-state index < -0.39 is 6.09 Å². The van der Waals surface area contributed by atoms with E-state index in [2.05, 4.69) is 47.9 Å². The molecule has 1 heterocycles. The fourth-order valence-electron chi connectivity index (χ4n) is 3.89. The van der Waals surface area contributed by atoms with E-state index in [0.717, 1.165) is 42.7 Å². The number of nitrogens with zero attached hydrogens (tertiary/aromatic N) is 3. The predicted octanol–water partition coefficient (Wildman–Crippen LogP) is 3.56. The lowest BCUT2D eigenvalue weighted by atomic mass is 10.0. The molecule has 0 bridgehead atoms. The third kappa shape index (κ3) is 5.28. The Bertz CT molecular complexity index is 852. The van der Waals surface area contributed by atoms with Crippen LogP contribution in [0.5, 0.6) is 0 Å². The largest absolute Gasteiger partial charge is 0.446 e. The van der Waals surface area contributed by atoms with Crippen molar-refractivity contribution in [2.75, 3.05) is 46.6 Å². The monoisotopic (exact) mass is 395 g/mol. The Morgan fingerprint density at radius 2 is 1.66 bits per heavy atom. The van der Waals surface area contributed by atoms with Crippen molar-refractivity contribution >= 4 is 17.7 Å². The molecule has 0 saturated carbocycles. The van der Waals surface area contributed by atoms with E-state index in [1.165, 1.54) is 5.96 Å². The molecule has 1 N–H and O–H groups in total. The highest BCUT2D eigenvalue weighted by molar-refractivity contribution is 5.91. The quantitative estimate of drug-likeness (QED) is 0.490. The maximum Gasteiger partial charge on any atom is 0.411 e. The fourth-order valence-corrected chi connectivity index (χ4v) is 3.89. The maximum atomic E-state index is 12.5. The van der Waals surface area contributed by atoms with Gasteiger partial charge in [0.25, 0.3) is 0 Å². The van der Waals surface area contributed by atoms with E-state index in [1.54, 1.807) is 0 Å². The van der Waals surface area contributed by atoms with Crippen LogP contribution in [0.15, 0.2) is 54.6 Å². The molecule has 1 fully saturated rings. The van der Waals surface area contributed by atoms with Crippen molar-refractivity contribution in [2.24, 2.45) is 0 Å². The number of hydrogen-bond acceptors (Lipinski definition) is 2. The molecule has 2 aromatic rings. The summed E-state index contributed by atoms with van der Waals surface area (Å²) in [4.78, 5) is 17.0. The average molecular weight is 396 g/mol. The number of nitrogens with one attached hydrogen (secondary N) is 1. The summed E-state index contributed by atoms with van der Waals surface area (Å²) in [5.41, 5.74) is 2.81. The Balaban J connectivity index is 1.59. The van der Waals surface area contributed by atoms with Crippen molar-refractivity contribution in [3.63, 3.8) is 0 Å². The molecule has 29 heavy (non-hydrogen) atoms. The minimum atomic E-state index is -0.392. The lowest BCUT2D eigenvalue weighted by Gasteiger charge is -2.31. The SMILES string of the molecule is CN(C)C(N1CCC(OC(=O)Nc2ccccc2-c2ccccc2)CC1)=[N+](C)C. The van der Waals surface area contributed by atoms with Crippen LogP contribution in [0.3, 0.4) is 0 Å². The second-order valence-corrected chi connectivity index (χ2v) is 7.72. The smallest absolute Gasteiger partial charge is 0.411 e. The number of guanidine groups is 1. The number of hydrogen-bond donors (Lipinski definition) is 1. The zero-order valence-electron chi connectivity index (χ0n) is 17.8. The first-order valence-corrected chi connectivity index (χ1v) is 10.0. The average Bonchev–Trinajstić information content (AvgIpc) is 2.70. The van der Waals surface area contributed by atoms with Crippen molar-refractivity contribution in [2.45, 2.75) is 18.9 Å². The number of amides is 1. The van der Waals surface area contributed by atoms with E-state index in [0.29, 0.717) is 0 Å². The van der Waals surface area contributed by atoms with Crippen molar-refractivity contribution in [3.8, 4) is 11.1 Å². The highest BCUT2D eigenvalue weighted by atomic mass is 16.6. The summed E-state index contributed by atoms with van der Waals surface area (Å²) < 4.78 is 7.84. The van der Waals surface area contributed by atoms with Crippen molar-refractivity contribution < 1.29 is 14.1 Å². The van der Waals surface area contributed by atoms with E-state index in [4.69, 9.17) is 4.74 Å². The van der Waals surface area contributed by atoms with Gasteiger partial charge >= 0.3 is 12.1 Å². The first-order valence-electron chi connectivity index (χ1n) is 10.0. The molecule has 0 aromatic heterocycles. The molecule has 0 unspecified atom stereocenters. The van der Waals surface area contributed by atoms with E-state index >= 15 is 0 Å². The van der Waals surface area contributed by atoms with Gasteiger partial charge in [0.15, 0.2) is 0 Å². The first-order chi connectivity index (χ1) is 14.0. The maximum absolute atomic E-state index is 12.5. The summed E-state index contributed by atoms with van der Waals surface area (Å²) in [6.07, 6.45) is 1.18. The summed E-state index contributed by atoms with van der Waals surface area (Å²) >= 11 is 0. The standard InChI is InChI=1S/C23H30N4O2/c1-25(2)23(26(3)4)27-16-14-19(15-17-27)29-22(28)24-21-13-9-8-12-20(21)18-10-6-5-7-11-18/h5-13,19H,14-17H2,1-4H3/p+1. The van der Waals surface area contributed by atoms with Crippen LogP contribution in [0.25, 0.3) is 11.1 Å². The van der Waals surface area contributed by atoms with Crippen molar-refractivity contribution in [1.29, 1.82) is 0 Å². The predicted molar refractivity (Wildman–Crippen MR) is 117 cm³/mol. The van der Waals surface area contributed by atoms with Gasteiger partial charge in [-0.25, -0.2) is 4.79 Å². The number of para-hydroxylation sites is 1. The van der Waals surface area contributed by atoms with Crippen molar-refractivity contribution in [3.05, 3.63) is 54.6 Å². The van der Waals surface area contributed by atoms with Gasteiger partial charge in [-0.2, -0.15) is 0 Å². The number of rotatable bonds is 3. The highest BCUT2D eigenvalue weighted by Gasteiger charge is 2.30. The number of benzene rings is 2. The summed E-state index contributed by atoms with van der Waals surface area (Å²) in [7, 11) is 8.20. The summed E-state index contributed by atoms with van der Waals surface area (Å²) in [5, 5.41) is 2.93. The van der Waals surface area contributed by atoms with Crippen LogP contribution in [0.4, 0.5) is 10.5 Å². The molecule has 154 valence electrons. The van der Waals surface area contributed by atoms with Gasteiger partial charge in [0.05, 0.1) is 47.0 Å². The van der Waals surface area contributed by atoms with Crippen LogP contribution in [-0.2, 0) is 4.74 Å². The van der Waals surface area contributed by atoms with Crippen LogP contribution >= 0.6 is 0 Å². The van der Waals surface area contributed by atoms with Gasteiger partial charge in [-0.05, 0) is 11.6 Å². The van der Waals surface area contributed by atoms with Crippen LogP contribution in [-0.4, -0.2) is 73.8 Å². The molecule has 0 spiro atoms. The second-order valence-electron chi connectivity index (χ2n) is 7.72. The topological polar surface area (TPSA) is 47.8 Å². The first kappa shape index (κ1) is 20.7. The molecule has 1 aliphatic heterocycles. The molecule has 0 radical (unpaired) electrons. The molecular formula is C23H31N4O2+. The summed E-state index contributed by atoms with van der Waals surface area (Å²) in [5.74, 6) is 1.17. The zero-order valence-corrected chi connectivity index (χ0v) is 17.8. The van der Waals surface area contributed by atoms with E-state index in [1.807, 2.05) is 54.6 Å². The zero-order chi connectivity index (χ0) is 20.8. The van der Waals surface area contributed by atoms with Crippen LogP contribution in [0.2, 0.25) is 0 Å². The Labute approximate surface area is 173 Å². The van der Waals surface area contributed by atoms with Crippen LogP contribution in [0, 0.1) is 0 Å². The Morgan fingerprint density at radius 3 is 2.28 bits per heavy atom. The highest BCUT2D eigenvalue weighted by Crippen LogP contribution is 2.28. The van der Waals surface area contributed by atoms with Gasteiger partial charge in [0.2, 0.25) is 0 Å². The molecule has 2 aromatic carbocycles. The van der Waals surface area contributed by atoms with Crippen LogP contribution in [0.1, 0.15) is 12.8 Å². The Morgan fingerprint density at radius 1 is 1.03 bits per heavy atom. The molecule has 6 heteroatoms. The van der Waals surface area contributed by atoms with Crippen molar-refractivity contribution in [1.82, 2.24) is 9.80 Å². The number of ether oxygens (including phenoxy) is 1. The normalized spacial score (nSPS) is 14.3. The third-order valence-corrected chi connectivity index (χ3v) is 5.05. The molecule has 6 nitrogen and oxygen atoms in total. The van der Waals surface area contributed by atoms with E-state index in [-0.39, 0.29) is 6.10 Å². The second kappa shape index (κ2) is 9.45. The minimum Gasteiger partial charge on any atom is -0.446 e. The van der Waals surface area contributed by atoms with Crippen LogP contribution < -0.4 is 5.32 Å². The van der Waals surface area contributed by atoms with Gasteiger partial charge in [0, 0.05) is 18.4 Å². The Hall–Kier alpha value is -3.02. The van der Waals surface area contributed by atoms with Gasteiger partial charge in [-0.1, -0.05) is 48.5 Å². The van der Waals surface area contributed by atoms with Gasteiger partial charge < -0.3 is 4.74 Å². The van der Waals surface area contributed by atoms with Gasteiger partial charge in [-0.15, -0.1) is 0 Å². The summed E-state index contributed by atoms with van der Waals surface area (Å²) in [6.45, 7) is 1.73. The van der Waals surface area contributed by atoms with Gasteiger partial charge in [0.1, 0.15) is 6.10 Å². The number of carbonyl (C=O) groups excluding carboxylic acids is 1. The van der Waals surface area contributed by atoms with Gasteiger partial charge in [-0.3, -0.25) is 19.7 Å². The third-order valence-electron chi connectivity index (χ3n) is 5.05. The number of likely N-dealkylation sites (tertiary alicyclic amines) is 1. The number of piperidine rings is 1. The Kier molecular flexibility index (Phi) is 6.75. The summed E-state index contributed by atoms with van der Waals surface area (Å²) in [6, 6.07) is 17.8. The molecule has 1 aliphatic rings. The van der Waals surface area contributed by atoms with E-state index in [9.17, 15) is 4.79 Å². The number of carbonyl (C=O) groups is 1. The molecule has 1 amide bonds. The molecule has 0 atom stereocenters. The lowest BCUT2D eigenvalue weighted by molar-refractivity contribution is -0.476. The molecule has 0 aliphatic carbocycles. The molecule has 1 saturated heterocycles. The fraction of sp³-hybridized carbons (Fsp3) is 0.391. The molecular weight excluding hydrogens is 364 g/mol. The lowest BCUT2D eigenvalue weighted by Crippen LogP contribution is -2.50. The number of anilines is 1. The minimum absolute atomic E-state index is 0.0688. The molecule has 3 rings (SSSR count).